The zero-order valence-electron chi connectivity index (χ0n) is 16.7. The molecule has 8 nitrogen and oxygen atoms in total. The van der Waals surface area contributed by atoms with Crippen molar-refractivity contribution in [1.29, 1.82) is 0 Å². The first-order chi connectivity index (χ1) is 14.7. The van der Waals surface area contributed by atoms with Crippen molar-refractivity contribution >= 4 is 23.4 Å². The van der Waals surface area contributed by atoms with E-state index in [2.05, 4.69) is 20.5 Å². The van der Waals surface area contributed by atoms with E-state index in [-0.39, 0.29) is 17.8 Å². The molecule has 0 unspecified atom stereocenters. The van der Waals surface area contributed by atoms with Gasteiger partial charge in [-0.25, -0.2) is 0 Å². The van der Waals surface area contributed by atoms with Gasteiger partial charge in [-0.15, -0.1) is 10.2 Å². The number of methoxy groups -OCH3 is 1. The maximum atomic E-state index is 12.5. The van der Waals surface area contributed by atoms with Gasteiger partial charge >= 0.3 is 0 Å². The summed E-state index contributed by atoms with van der Waals surface area (Å²) in [7, 11) is 1.58. The minimum Gasteiger partial charge on any atom is -0.495 e. The highest BCUT2D eigenvalue weighted by Crippen LogP contribution is 2.27. The second-order valence-electron chi connectivity index (χ2n) is 6.82. The van der Waals surface area contributed by atoms with Crippen LogP contribution < -0.4 is 10.1 Å². The van der Waals surface area contributed by atoms with Crippen LogP contribution in [0.5, 0.6) is 5.75 Å². The third-order valence-electron chi connectivity index (χ3n) is 4.78. The lowest BCUT2D eigenvalue weighted by Crippen LogP contribution is -2.18. The molecule has 1 amide bonds. The molecule has 3 aromatic rings. The predicted octanol–water partition coefficient (Wildman–Crippen LogP) is 3.26. The molecule has 1 saturated heterocycles. The number of nitrogens with one attached hydrogen (secondary N) is 1. The molecule has 1 aliphatic rings. The van der Waals surface area contributed by atoms with Crippen molar-refractivity contribution in [2.75, 3.05) is 24.8 Å². The van der Waals surface area contributed by atoms with Crippen LogP contribution in [0.1, 0.15) is 12.8 Å². The van der Waals surface area contributed by atoms with Crippen molar-refractivity contribution in [3.8, 4) is 17.1 Å². The first kappa shape index (κ1) is 20.4. The molecule has 1 fully saturated rings. The summed E-state index contributed by atoms with van der Waals surface area (Å²) in [6, 6.07) is 11.1. The maximum absolute atomic E-state index is 12.5. The largest absolute Gasteiger partial charge is 0.495 e. The topological polar surface area (TPSA) is 91.2 Å². The first-order valence-electron chi connectivity index (χ1n) is 9.75. The number of hydrogen-bond donors (Lipinski definition) is 1. The Morgan fingerprint density at radius 3 is 2.87 bits per heavy atom. The Morgan fingerprint density at radius 2 is 2.10 bits per heavy atom. The lowest BCUT2D eigenvalue weighted by molar-refractivity contribution is -0.113. The van der Waals surface area contributed by atoms with Crippen LogP contribution >= 0.6 is 11.8 Å². The van der Waals surface area contributed by atoms with Crippen molar-refractivity contribution in [3.05, 3.63) is 48.8 Å². The third-order valence-corrected chi connectivity index (χ3v) is 5.75. The van der Waals surface area contributed by atoms with Gasteiger partial charge in [-0.3, -0.25) is 14.3 Å². The number of thioether (sulfide) groups is 1. The molecule has 1 aliphatic heterocycles. The Balaban J connectivity index is 1.49. The zero-order valence-corrected chi connectivity index (χ0v) is 17.5. The number of amides is 1. The molecule has 1 N–H and O–H groups in total. The van der Waals surface area contributed by atoms with Crippen LogP contribution in [0.15, 0.2) is 53.9 Å². The highest BCUT2D eigenvalue weighted by molar-refractivity contribution is 7.99. The lowest BCUT2D eigenvalue weighted by Gasteiger charge is -2.15. The van der Waals surface area contributed by atoms with Gasteiger partial charge in [0.1, 0.15) is 5.75 Å². The Hall–Kier alpha value is -2.91. The van der Waals surface area contributed by atoms with Crippen LogP contribution in [-0.2, 0) is 16.1 Å². The molecule has 0 bridgehead atoms. The van der Waals surface area contributed by atoms with Gasteiger partial charge < -0.3 is 14.8 Å². The van der Waals surface area contributed by atoms with Crippen LogP contribution in [-0.4, -0.2) is 51.2 Å². The highest BCUT2D eigenvalue weighted by atomic mass is 32.2. The van der Waals surface area contributed by atoms with E-state index >= 15 is 0 Å². The zero-order chi connectivity index (χ0) is 20.8. The van der Waals surface area contributed by atoms with E-state index in [1.54, 1.807) is 19.5 Å². The summed E-state index contributed by atoms with van der Waals surface area (Å²) in [6.07, 6.45) is 5.65. The van der Waals surface area contributed by atoms with E-state index in [4.69, 9.17) is 9.47 Å². The Labute approximate surface area is 179 Å². The number of para-hydroxylation sites is 2. The smallest absolute Gasteiger partial charge is 0.234 e. The second-order valence-corrected chi connectivity index (χ2v) is 7.77. The predicted molar refractivity (Wildman–Crippen MR) is 115 cm³/mol. The molecule has 156 valence electrons. The number of anilines is 1. The van der Waals surface area contributed by atoms with Crippen LogP contribution in [0, 0.1) is 0 Å². The van der Waals surface area contributed by atoms with Gasteiger partial charge in [0.2, 0.25) is 5.91 Å². The Morgan fingerprint density at radius 1 is 1.27 bits per heavy atom. The summed E-state index contributed by atoms with van der Waals surface area (Å²) in [5.74, 6) is 1.44. The fraction of sp³-hybridized carbons (Fsp3) is 0.333. The fourth-order valence-electron chi connectivity index (χ4n) is 3.33. The normalized spacial score (nSPS) is 15.8. The highest BCUT2D eigenvalue weighted by Gasteiger charge is 2.22. The van der Waals surface area contributed by atoms with Crippen molar-refractivity contribution in [2.45, 2.75) is 30.6 Å². The number of carbonyl (C=O) groups excluding carboxylic acids is 1. The van der Waals surface area contributed by atoms with Gasteiger partial charge in [-0.1, -0.05) is 23.9 Å². The molecule has 1 aromatic carbocycles. The summed E-state index contributed by atoms with van der Waals surface area (Å²) >= 11 is 1.35. The minimum atomic E-state index is -0.137. The van der Waals surface area contributed by atoms with E-state index in [1.807, 2.05) is 41.0 Å². The van der Waals surface area contributed by atoms with E-state index in [9.17, 15) is 4.79 Å². The number of pyridine rings is 1. The Kier molecular flexibility index (Phi) is 6.60. The van der Waals surface area contributed by atoms with E-state index < -0.39 is 0 Å². The van der Waals surface area contributed by atoms with Crippen molar-refractivity contribution < 1.29 is 14.3 Å². The van der Waals surface area contributed by atoms with Crippen LogP contribution in [0.3, 0.4) is 0 Å². The standard InChI is InChI=1S/C21H23N5O3S/c1-28-18-7-3-2-6-17(18)23-19(27)14-30-21-25-24-20(15-8-10-22-11-9-15)26(21)13-16-5-4-12-29-16/h2-3,6-11,16H,4-5,12-14H2,1H3,(H,23,27)/t16-/m0/s1. The monoisotopic (exact) mass is 425 g/mol. The molecule has 0 spiro atoms. The number of rotatable bonds is 8. The molecule has 2 aromatic heterocycles. The van der Waals surface area contributed by atoms with Gasteiger partial charge in [-0.2, -0.15) is 0 Å². The van der Waals surface area contributed by atoms with Crippen LogP contribution in [0.25, 0.3) is 11.4 Å². The summed E-state index contributed by atoms with van der Waals surface area (Å²) in [6.45, 7) is 1.43. The molecule has 1 atom stereocenters. The van der Waals surface area contributed by atoms with Crippen molar-refractivity contribution in [2.24, 2.45) is 0 Å². The average Bonchev–Trinajstić information content (AvgIpc) is 3.44. The number of nitrogens with zero attached hydrogens (tertiary/aromatic N) is 4. The summed E-state index contributed by atoms with van der Waals surface area (Å²) in [4.78, 5) is 16.6. The van der Waals surface area contributed by atoms with Gasteiger partial charge in [0, 0.05) is 24.6 Å². The molecular weight excluding hydrogens is 402 g/mol. The molecule has 0 saturated carbocycles. The van der Waals surface area contributed by atoms with Gasteiger partial charge in [0.25, 0.3) is 0 Å². The lowest BCUT2D eigenvalue weighted by atomic mass is 10.2. The number of hydrogen-bond acceptors (Lipinski definition) is 7. The van der Waals surface area contributed by atoms with Crippen molar-refractivity contribution in [1.82, 2.24) is 19.7 Å². The van der Waals surface area contributed by atoms with E-state index in [0.29, 0.717) is 23.1 Å². The molecule has 30 heavy (non-hydrogen) atoms. The fourth-order valence-corrected chi connectivity index (χ4v) is 4.08. The molecule has 3 heterocycles. The quantitative estimate of drug-likeness (QED) is 0.554. The maximum Gasteiger partial charge on any atom is 0.234 e. The summed E-state index contributed by atoms with van der Waals surface area (Å²) < 4.78 is 13.1. The molecule has 0 radical (unpaired) electrons. The minimum absolute atomic E-state index is 0.128. The average molecular weight is 426 g/mol. The first-order valence-corrected chi connectivity index (χ1v) is 10.7. The number of benzene rings is 1. The number of aromatic nitrogens is 4. The van der Waals surface area contributed by atoms with Crippen LogP contribution in [0.2, 0.25) is 0 Å². The van der Waals surface area contributed by atoms with Crippen LogP contribution in [0.4, 0.5) is 5.69 Å². The van der Waals surface area contributed by atoms with Crippen molar-refractivity contribution in [3.63, 3.8) is 0 Å². The number of ether oxygens (including phenoxy) is 2. The molecule has 9 heteroatoms. The SMILES string of the molecule is COc1ccccc1NC(=O)CSc1nnc(-c2ccncc2)n1C[C@@H]1CCCO1. The third kappa shape index (κ3) is 4.80. The van der Waals surface area contributed by atoms with Gasteiger partial charge in [0.15, 0.2) is 11.0 Å². The summed E-state index contributed by atoms with van der Waals surface area (Å²) in [5, 5.41) is 12.3. The molecule has 4 rings (SSSR count). The molecular formula is C21H23N5O3S. The Bertz CT molecular complexity index is 989. The summed E-state index contributed by atoms with van der Waals surface area (Å²) in [5.41, 5.74) is 1.57. The van der Waals surface area contributed by atoms with E-state index in [0.717, 1.165) is 30.8 Å². The van der Waals surface area contributed by atoms with Gasteiger partial charge in [-0.05, 0) is 37.1 Å². The van der Waals surface area contributed by atoms with Gasteiger partial charge in [0.05, 0.1) is 31.2 Å². The van der Waals surface area contributed by atoms with E-state index in [1.165, 1.54) is 11.8 Å². The number of carbonyl (C=O) groups is 1. The second kappa shape index (κ2) is 9.73. The molecule has 0 aliphatic carbocycles.